The lowest BCUT2D eigenvalue weighted by Crippen LogP contribution is -2.29. The van der Waals surface area contributed by atoms with Crippen LogP contribution in [0.2, 0.25) is 0 Å². The highest BCUT2D eigenvalue weighted by Crippen LogP contribution is 2.42. The number of aromatic amines is 1. The minimum atomic E-state index is -0.865. The minimum Gasteiger partial charge on any atom is -0.507 e. The molecule has 0 aliphatic carbocycles. The van der Waals surface area contributed by atoms with Crippen molar-refractivity contribution in [1.29, 1.82) is 0 Å². The molecule has 1 atom stereocenters. The third-order valence-corrected chi connectivity index (χ3v) is 6.19. The van der Waals surface area contributed by atoms with Crippen LogP contribution in [-0.4, -0.2) is 51.4 Å². The number of ether oxygens (including phenoxy) is 2. The number of carbonyl (C=O) groups is 3. The van der Waals surface area contributed by atoms with Crippen LogP contribution >= 0.6 is 0 Å². The van der Waals surface area contributed by atoms with Crippen LogP contribution in [0.5, 0.6) is 5.75 Å². The van der Waals surface area contributed by atoms with E-state index in [9.17, 15) is 19.5 Å². The number of amides is 1. The third-order valence-electron chi connectivity index (χ3n) is 6.19. The summed E-state index contributed by atoms with van der Waals surface area (Å²) in [6.45, 7) is 5.80. The molecule has 1 saturated heterocycles. The maximum atomic E-state index is 13.3. The quantitative estimate of drug-likeness (QED) is 0.224. The topological polar surface area (TPSA) is 122 Å². The SMILES string of the molecule is CCOc1ccc([C@@H]2C(=C(O)c3c(C)[nH]c(C(=O)OC)c3C)C(=O)C(=O)N2Cc2cccnc2)cc1. The van der Waals surface area contributed by atoms with Crippen LogP contribution in [-0.2, 0) is 20.9 Å². The van der Waals surface area contributed by atoms with Gasteiger partial charge in [-0.1, -0.05) is 18.2 Å². The number of hydrogen-bond acceptors (Lipinski definition) is 7. The number of carbonyl (C=O) groups excluding carboxylic acids is 3. The predicted octanol–water partition coefficient (Wildman–Crippen LogP) is 3.83. The van der Waals surface area contributed by atoms with Gasteiger partial charge < -0.3 is 24.5 Å². The average molecular weight is 490 g/mol. The first kappa shape index (κ1) is 24.7. The molecule has 9 nitrogen and oxygen atoms in total. The summed E-state index contributed by atoms with van der Waals surface area (Å²) < 4.78 is 10.4. The minimum absolute atomic E-state index is 0.0605. The Kier molecular flexibility index (Phi) is 6.91. The van der Waals surface area contributed by atoms with E-state index in [1.165, 1.54) is 12.0 Å². The smallest absolute Gasteiger partial charge is 0.354 e. The Labute approximate surface area is 208 Å². The van der Waals surface area contributed by atoms with Gasteiger partial charge in [0.1, 0.15) is 17.2 Å². The molecule has 186 valence electrons. The van der Waals surface area contributed by atoms with E-state index in [0.717, 1.165) is 5.56 Å². The highest BCUT2D eigenvalue weighted by Gasteiger charge is 2.46. The molecule has 0 radical (unpaired) electrons. The van der Waals surface area contributed by atoms with Gasteiger partial charge in [0.2, 0.25) is 0 Å². The number of Topliss-reactive ketones (excluding diaryl/α,β-unsaturated/α-hetero) is 1. The Balaban J connectivity index is 1.89. The van der Waals surface area contributed by atoms with Gasteiger partial charge in [0.15, 0.2) is 0 Å². The summed E-state index contributed by atoms with van der Waals surface area (Å²) in [5.41, 5.74) is 2.63. The number of pyridine rings is 1. The molecule has 36 heavy (non-hydrogen) atoms. The van der Waals surface area contributed by atoms with Crippen molar-refractivity contribution in [3.8, 4) is 5.75 Å². The number of nitrogens with zero attached hydrogens (tertiary/aromatic N) is 2. The summed E-state index contributed by atoms with van der Waals surface area (Å²) in [5, 5.41) is 11.5. The zero-order valence-corrected chi connectivity index (χ0v) is 20.5. The molecule has 1 aliphatic rings. The van der Waals surface area contributed by atoms with Crippen LogP contribution in [0.15, 0.2) is 54.4 Å². The fourth-order valence-electron chi connectivity index (χ4n) is 4.54. The maximum Gasteiger partial charge on any atom is 0.354 e. The van der Waals surface area contributed by atoms with Crippen molar-refractivity contribution in [3.05, 3.63) is 88.0 Å². The number of aromatic nitrogens is 2. The molecule has 3 aromatic rings. The number of ketones is 1. The summed E-state index contributed by atoms with van der Waals surface area (Å²) in [6, 6.07) is 9.74. The molecule has 1 amide bonds. The number of aliphatic hydroxyl groups excluding tert-OH is 1. The van der Waals surface area contributed by atoms with E-state index in [1.807, 2.05) is 13.0 Å². The molecule has 4 rings (SSSR count). The number of likely N-dealkylation sites (tertiary alicyclic amines) is 1. The van der Waals surface area contributed by atoms with Crippen molar-refractivity contribution in [2.45, 2.75) is 33.4 Å². The molecule has 1 aliphatic heterocycles. The molecule has 2 aromatic heterocycles. The number of nitrogens with one attached hydrogen (secondary N) is 1. The lowest BCUT2D eigenvalue weighted by Gasteiger charge is -2.25. The molecule has 2 N–H and O–H groups in total. The van der Waals surface area contributed by atoms with E-state index < -0.39 is 23.7 Å². The second-order valence-electron chi connectivity index (χ2n) is 8.41. The van der Waals surface area contributed by atoms with Crippen molar-refractivity contribution in [2.75, 3.05) is 13.7 Å². The lowest BCUT2D eigenvalue weighted by molar-refractivity contribution is -0.140. The molecule has 0 bridgehead atoms. The van der Waals surface area contributed by atoms with Crippen LogP contribution in [0, 0.1) is 13.8 Å². The summed E-state index contributed by atoms with van der Waals surface area (Å²) in [5.74, 6) is -1.87. The highest BCUT2D eigenvalue weighted by molar-refractivity contribution is 6.46. The van der Waals surface area contributed by atoms with Crippen LogP contribution < -0.4 is 4.74 Å². The number of aliphatic hydroxyl groups is 1. The van der Waals surface area contributed by atoms with E-state index in [0.29, 0.717) is 29.2 Å². The largest absolute Gasteiger partial charge is 0.507 e. The van der Waals surface area contributed by atoms with Gasteiger partial charge in [0, 0.05) is 30.2 Å². The number of esters is 1. The van der Waals surface area contributed by atoms with Crippen molar-refractivity contribution in [3.63, 3.8) is 0 Å². The van der Waals surface area contributed by atoms with Crippen LogP contribution in [0.25, 0.3) is 5.76 Å². The van der Waals surface area contributed by atoms with E-state index in [1.54, 1.807) is 56.6 Å². The van der Waals surface area contributed by atoms with Gasteiger partial charge in [-0.25, -0.2) is 4.79 Å². The number of hydrogen-bond donors (Lipinski definition) is 2. The molecular formula is C27H27N3O6. The van der Waals surface area contributed by atoms with Crippen molar-refractivity contribution in [2.24, 2.45) is 0 Å². The molecule has 1 aromatic carbocycles. The molecule has 0 saturated carbocycles. The van der Waals surface area contributed by atoms with Gasteiger partial charge in [-0.2, -0.15) is 0 Å². The normalized spacial score (nSPS) is 16.9. The third kappa shape index (κ3) is 4.35. The van der Waals surface area contributed by atoms with Crippen molar-refractivity contribution < 1.29 is 29.0 Å². The standard InChI is InChI=1S/C27H27N3O6/c1-5-36-19-10-8-18(9-11-19)23-21(24(31)20-15(2)22(27(34)35-4)29-16(20)3)25(32)26(33)30(23)14-17-7-6-12-28-13-17/h6-13,23,29,31H,5,14H2,1-4H3/t23-/m1/s1. The van der Waals surface area contributed by atoms with E-state index in [-0.39, 0.29) is 29.1 Å². The van der Waals surface area contributed by atoms with E-state index in [4.69, 9.17) is 9.47 Å². The van der Waals surface area contributed by atoms with E-state index >= 15 is 0 Å². The molecule has 0 unspecified atom stereocenters. The second-order valence-corrected chi connectivity index (χ2v) is 8.41. The molecular weight excluding hydrogens is 462 g/mol. The summed E-state index contributed by atoms with van der Waals surface area (Å²) in [6.07, 6.45) is 3.25. The number of H-pyrrole nitrogens is 1. The average Bonchev–Trinajstić information content (AvgIpc) is 3.32. The fraction of sp³-hybridized carbons (Fsp3) is 0.259. The van der Waals surface area contributed by atoms with Gasteiger partial charge in [-0.3, -0.25) is 14.6 Å². The van der Waals surface area contributed by atoms with Crippen molar-refractivity contribution in [1.82, 2.24) is 14.9 Å². The zero-order chi connectivity index (χ0) is 26.0. The Bertz CT molecular complexity index is 1340. The number of methoxy groups -OCH3 is 1. The molecule has 0 spiro atoms. The predicted molar refractivity (Wildman–Crippen MR) is 131 cm³/mol. The number of rotatable bonds is 7. The van der Waals surface area contributed by atoms with Gasteiger partial charge in [0.05, 0.1) is 25.3 Å². The molecule has 3 heterocycles. The van der Waals surface area contributed by atoms with E-state index in [2.05, 4.69) is 9.97 Å². The monoisotopic (exact) mass is 489 g/mol. The summed E-state index contributed by atoms with van der Waals surface area (Å²) in [7, 11) is 1.26. The van der Waals surface area contributed by atoms with Crippen LogP contribution in [0.1, 0.15) is 51.4 Å². The Morgan fingerprint density at radius 1 is 1.17 bits per heavy atom. The van der Waals surface area contributed by atoms with Crippen LogP contribution in [0.4, 0.5) is 0 Å². The maximum absolute atomic E-state index is 13.3. The first-order valence-electron chi connectivity index (χ1n) is 11.5. The summed E-state index contributed by atoms with van der Waals surface area (Å²) in [4.78, 5) is 47.2. The fourth-order valence-corrected chi connectivity index (χ4v) is 4.54. The molecule has 9 heteroatoms. The summed E-state index contributed by atoms with van der Waals surface area (Å²) >= 11 is 0. The number of aryl methyl sites for hydroxylation is 1. The van der Waals surface area contributed by atoms with Gasteiger partial charge in [0.25, 0.3) is 11.7 Å². The van der Waals surface area contributed by atoms with Gasteiger partial charge >= 0.3 is 5.97 Å². The van der Waals surface area contributed by atoms with Crippen LogP contribution in [0.3, 0.4) is 0 Å². The van der Waals surface area contributed by atoms with Crippen molar-refractivity contribution >= 4 is 23.4 Å². The first-order chi connectivity index (χ1) is 17.3. The Hall–Kier alpha value is -4.40. The lowest BCUT2D eigenvalue weighted by atomic mass is 9.94. The Morgan fingerprint density at radius 2 is 1.89 bits per heavy atom. The Morgan fingerprint density at radius 3 is 2.50 bits per heavy atom. The highest BCUT2D eigenvalue weighted by atomic mass is 16.5. The van der Waals surface area contributed by atoms with Gasteiger partial charge in [-0.05, 0) is 55.7 Å². The first-order valence-corrected chi connectivity index (χ1v) is 11.5. The number of benzene rings is 1. The second kappa shape index (κ2) is 10.1. The van der Waals surface area contributed by atoms with Gasteiger partial charge in [-0.15, -0.1) is 0 Å². The zero-order valence-electron chi connectivity index (χ0n) is 20.5. The molecule has 1 fully saturated rings.